The van der Waals surface area contributed by atoms with E-state index < -0.39 is 12.2 Å². The topological polar surface area (TPSA) is 40.5 Å². The van der Waals surface area contributed by atoms with Crippen LogP contribution in [0.1, 0.15) is 88.5 Å². The van der Waals surface area contributed by atoms with Gasteiger partial charge in [0.25, 0.3) is 0 Å². The lowest BCUT2D eigenvalue weighted by Gasteiger charge is -2.38. The van der Waals surface area contributed by atoms with Gasteiger partial charge in [-0.25, -0.2) is 0 Å². The molecule has 1 aliphatic carbocycles. The number of aliphatic hydroxyl groups excluding tert-OH is 2. The Balaban J connectivity index is 2.64. The first-order valence-corrected chi connectivity index (χ1v) is 15.2. The molecule has 0 saturated carbocycles. The van der Waals surface area contributed by atoms with E-state index in [2.05, 4.69) is 160 Å². The van der Waals surface area contributed by atoms with Gasteiger partial charge in [0.15, 0.2) is 0 Å². The largest absolute Gasteiger partial charge is 0.390 e. The highest BCUT2D eigenvalue weighted by Crippen LogP contribution is 2.41. The van der Waals surface area contributed by atoms with Crippen molar-refractivity contribution in [3.63, 3.8) is 0 Å². The van der Waals surface area contributed by atoms with Gasteiger partial charge in [0.05, 0.1) is 6.10 Å². The van der Waals surface area contributed by atoms with Crippen LogP contribution in [-0.4, -0.2) is 22.4 Å². The van der Waals surface area contributed by atoms with Crippen LogP contribution in [0.15, 0.2) is 142 Å². The molecule has 0 aromatic carbocycles. The Kier molecular flexibility index (Phi) is 16.7. The molecular formula is C40H56O2. The van der Waals surface area contributed by atoms with Crippen LogP contribution in [0.2, 0.25) is 0 Å². The minimum absolute atomic E-state index is 0.168. The lowest BCUT2D eigenvalue weighted by Crippen LogP contribution is -2.38. The average molecular weight is 569 g/mol. The summed E-state index contributed by atoms with van der Waals surface area (Å²) < 4.78 is 0. The molecule has 0 aromatic rings. The van der Waals surface area contributed by atoms with E-state index in [4.69, 9.17) is 0 Å². The molecule has 228 valence electrons. The first-order valence-electron chi connectivity index (χ1n) is 15.2. The number of aliphatic hydroxyl groups is 2. The summed E-state index contributed by atoms with van der Waals surface area (Å²) in [5.41, 5.74) is 9.26. The summed E-state index contributed by atoms with van der Waals surface area (Å²) in [5, 5.41) is 20.4. The fourth-order valence-corrected chi connectivity index (χ4v) is 4.67. The molecule has 0 spiro atoms. The minimum atomic E-state index is -0.786. The third-order valence-corrected chi connectivity index (χ3v) is 7.29. The van der Waals surface area contributed by atoms with Gasteiger partial charge < -0.3 is 10.2 Å². The summed E-state index contributed by atoms with van der Waals surface area (Å²) in [4.78, 5) is 0. The molecule has 2 atom stereocenters. The number of allylic oxidation sites excluding steroid dienone is 23. The zero-order valence-electron chi connectivity index (χ0n) is 27.9. The van der Waals surface area contributed by atoms with Gasteiger partial charge in [0, 0.05) is 0 Å². The Hall–Kier alpha value is -3.20. The Morgan fingerprint density at radius 2 is 1.14 bits per heavy atom. The van der Waals surface area contributed by atoms with Crippen LogP contribution in [0.3, 0.4) is 0 Å². The van der Waals surface area contributed by atoms with Crippen LogP contribution < -0.4 is 0 Å². The van der Waals surface area contributed by atoms with Gasteiger partial charge in [0.2, 0.25) is 0 Å². The Labute approximate surface area is 257 Å². The molecule has 0 unspecified atom stereocenters. The maximum absolute atomic E-state index is 10.3. The highest BCUT2D eigenvalue weighted by Gasteiger charge is 2.36. The second kappa shape index (κ2) is 19.1. The van der Waals surface area contributed by atoms with E-state index in [0.717, 1.165) is 35.1 Å². The first-order chi connectivity index (χ1) is 19.7. The summed E-state index contributed by atoms with van der Waals surface area (Å²) >= 11 is 0. The van der Waals surface area contributed by atoms with Crippen molar-refractivity contribution >= 4 is 0 Å². The van der Waals surface area contributed by atoms with E-state index in [-0.39, 0.29) is 5.41 Å². The van der Waals surface area contributed by atoms with Gasteiger partial charge in [-0.05, 0) is 91.2 Å². The van der Waals surface area contributed by atoms with E-state index >= 15 is 0 Å². The lowest BCUT2D eigenvalue weighted by molar-refractivity contribution is 0.00686. The fourth-order valence-electron chi connectivity index (χ4n) is 4.67. The lowest BCUT2D eigenvalue weighted by atomic mass is 9.70. The van der Waals surface area contributed by atoms with Gasteiger partial charge in [-0.3, -0.25) is 0 Å². The number of hydrogen-bond acceptors (Lipinski definition) is 2. The van der Waals surface area contributed by atoms with E-state index in [1.165, 1.54) is 22.3 Å². The van der Waals surface area contributed by atoms with Gasteiger partial charge >= 0.3 is 0 Å². The predicted octanol–water partition coefficient (Wildman–Crippen LogP) is 10.7. The normalized spacial score (nSPS) is 21.8. The second-order valence-corrected chi connectivity index (χ2v) is 12.5. The zero-order valence-corrected chi connectivity index (χ0v) is 27.9. The number of rotatable bonds is 13. The Morgan fingerprint density at radius 3 is 1.64 bits per heavy atom. The average Bonchev–Trinajstić information content (AvgIpc) is 2.89. The van der Waals surface area contributed by atoms with Crippen molar-refractivity contribution in [2.75, 3.05) is 0 Å². The monoisotopic (exact) mass is 568 g/mol. The van der Waals surface area contributed by atoms with Gasteiger partial charge in [-0.15, -0.1) is 0 Å². The molecule has 2 N–H and O–H groups in total. The molecule has 0 amide bonds. The summed E-state index contributed by atoms with van der Waals surface area (Å²) in [6.45, 7) is 21.0. The smallest absolute Gasteiger partial charge is 0.101 e. The van der Waals surface area contributed by atoms with E-state index in [0.29, 0.717) is 6.42 Å². The molecule has 0 fully saturated rings. The first kappa shape index (κ1) is 36.8. The molecule has 1 aliphatic rings. The minimum Gasteiger partial charge on any atom is -0.390 e. The molecular weight excluding hydrogens is 512 g/mol. The molecule has 0 heterocycles. The van der Waals surface area contributed by atoms with Crippen molar-refractivity contribution in [2.24, 2.45) is 5.41 Å². The van der Waals surface area contributed by atoms with Crippen LogP contribution >= 0.6 is 0 Å². The van der Waals surface area contributed by atoms with Crippen molar-refractivity contribution in [1.29, 1.82) is 0 Å². The van der Waals surface area contributed by atoms with Crippen molar-refractivity contribution in [3.05, 3.63) is 142 Å². The fraction of sp³-hybridized carbons (Fsp3) is 0.400. The standard InChI is InChI=1S/C40H56O2/c1-30(2)17-13-20-33(5)23-15-25-34(6)24-14-21-31(3)18-11-12-19-32(4)22-16-26-35(7)27-28-37-36(8)39(42)38(41)29-40(37,9)10/h11-12,14-19,21-28,38-39,41-42H,13,20,29H2,1-10H3/b12-11+,21-14+,22-16+,25-15+,28-27+,31-18+,32-19+,33-23+,34-24+,35-26+/t38-,39+/m1/s1. The summed E-state index contributed by atoms with van der Waals surface area (Å²) in [5.74, 6) is 0. The molecule has 1 rings (SSSR count). The Bertz CT molecular complexity index is 1250. The maximum atomic E-state index is 10.3. The van der Waals surface area contributed by atoms with Gasteiger partial charge in [-0.2, -0.15) is 0 Å². The highest BCUT2D eigenvalue weighted by atomic mass is 16.3. The number of hydrogen-bond donors (Lipinski definition) is 2. The Morgan fingerprint density at radius 1 is 0.690 bits per heavy atom. The predicted molar refractivity (Wildman–Crippen MR) is 186 cm³/mol. The molecule has 42 heavy (non-hydrogen) atoms. The zero-order chi connectivity index (χ0) is 31.7. The van der Waals surface area contributed by atoms with Crippen molar-refractivity contribution in [3.8, 4) is 0 Å². The van der Waals surface area contributed by atoms with Crippen LogP contribution in [0.5, 0.6) is 0 Å². The quantitative estimate of drug-likeness (QED) is 0.171. The van der Waals surface area contributed by atoms with E-state index in [1.54, 1.807) is 0 Å². The third-order valence-electron chi connectivity index (χ3n) is 7.29. The summed E-state index contributed by atoms with van der Waals surface area (Å²) in [6, 6.07) is 0. The molecule has 2 nitrogen and oxygen atoms in total. The van der Waals surface area contributed by atoms with Crippen LogP contribution in [0.4, 0.5) is 0 Å². The highest BCUT2D eigenvalue weighted by molar-refractivity contribution is 5.39. The van der Waals surface area contributed by atoms with Gasteiger partial charge in [-0.1, -0.05) is 145 Å². The van der Waals surface area contributed by atoms with Crippen molar-refractivity contribution in [1.82, 2.24) is 0 Å². The molecule has 0 radical (unpaired) electrons. The molecule has 0 bridgehead atoms. The molecule has 0 aromatic heterocycles. The van der Waals surface area contributed by atoms with Crippen LogP contribution in [-0.2, 0) is 0 Å². The molecule has 0 saturated heterocycles. The maximum Gasteiger partial charge on any atom is 0.101 e. The molecule has 2 heteroatoms. The van der Waals surface area contributed by atoms with Crippen molar-refractivity contribution < 1.29 is 10.2 Å². The van der Waals surface area contributed by atoms with E-state index in [1.807, 2.05) is 6.92 Å². The third kappa shape index (κ3) is 15.1. The van der Waals surface area contributed by atoms with Gasteiger partial charge in [0.1, 0.15) is 6.10 Å². The summed E-state index contributed by atoms with van der Waals surface area (Å²) in [7, 11) is 0. The molecule has 0 aliphatic heterocycles. The summed E-state index contributed by atoms with van der Waals surface area (Å²) in [6.07, 6.45) is 35.1. The van der Waals surface area contributed by atoms with E-state index in [9.17, 15) is 10.2 Å². The van der Waals surface area contributed by atoms with Crippen molar-refractivity contribution in [2.45, 2.75) is 101 Å². The SMILES string of the molecule is CC(C)=CCC/C(C)=C/C=C/C(C)=C/C=C/C(C)=C/C=C/C=C(C)/C=C/C=C(C)/C=C/C1=C(C)[C@H](O)[C@H](O)CC1(C)C. The van der Waals surface area contributed by atoms with Crippen LogP contribution in [0.25, 0.3) is 0 Å². The second-order valence-electron chi connectivity index (χ2n) is 12.5. The van der Waals surface area contributed by atoms with Crippen LogP contribution in [0, 0.1) is 5.41 Å².